The van der Waals surface area contributed by atoms with E-state index in [-0.39, 0.29) is 5.82 Å². The Morgan fingerprint density at radius 2 is 1.89 bits per heavy atom. The molecule has 1 aliphatic heterocycles. The summed E-state index contributed by atoms with van der Waals surface area (Å²) in [6.45, 7) is 8.55. The zero-order valence-electron chi connectivity index (χ0n) is 11.2. The van der Waals surface area contributed by atoms with Gasteiger partial charge in [0.15, 0.2) is 0 Å². The van der Waals surface area contributed by atoms with Crippen molar-refractivity contribution in [1.29, 1.82) is 0 Å². The van der Waals surface area contributed by atoms with E-state index in [1.807, 2.05) is 12.1 Å². The maximum atomic E-state index is 14.0. The summed E-state index contributed by atoms with van der Waals surface area (Å²) in [7, 11) is 0. The highest BCUT2D eigenvalue weighted by molar-refractivity contribution is 5.49. The zero-order chi connectivity index (χ0) is 13.1. The van der Waals surface area contributed by atoms with E-state index in [9.17, 15) is 4.39 Å². The molecule has 0 aromatic heterocycles. The van der Waals surface area contributed by atoms with Crippen molar-refractivity contribution in [1.82, 2.24) is 4.90 Å². The van der Waals surface area contributed by atoms with Crippen LogP contribution in [-0.2, 0) is 6.54 Å². The van der Waals surface area contributed by atoms with E-state index in [1.54, 1.807) is 6.07 Å². The summed E-state index contributed by atoms with van der Waals surface area (Å²) in [6, 6.07) is 5.87. The first-order chi connectivity index (χ1) is 8.61. The van der Waals surface area contributed by atoms with Crippen molar-refractivity contribution in [2.24, 2.45) is 5.73 Å². The molecule has 0 unspecified atom stereocenters. The van der Waals surface area contributed by atoms with Crippen LogP contribution < -0.4 is 10.6 Å². The van der Waals surface area contributed by atoms with Crippen LogP contribution in [0, 0.1) is 5.82 Å². The van der Waals surface area contributed by atoms with Gasteiger partial charge in [0.25, 0.3) is 0 Å². The van der Waals surface area contributed by atoms with Crippen molar-refractivity contribution in [2.75, 3.05) is 31.1 Å². The molecule has 0 amide bonds. The summed E-state index contributed by atoms with van der Waals surface area (Å²) in [4.78, 5) is 4.54. The standard InChI is InChI=1S/C14H22FN3/c1-11(2)17-5-7-18(8-6-17)14-4-3-12(10-16)9-13(14)15/h3-4,9,11H,5-8,10,16H2,1-2H3. The molecular formula is C14H22FN3. The van der Waals surface area contributed by atoms with E-state index < -0.39 is 0 Å². The van der Waals surface area contributed by atoms with Crippen molar-refractivity contribution in [3.8, 4) is 0 Å². The van der Waals surface area contributed by atoms with Crippen LogP contribution in [-0.4, -0.2) is 37.1 Å². The highest BCUT2D eigenvalue weighted by Gasteiger charge is 2.20. The van der Waals surface area contributed by atoms with Crippen molar-refractivity contribution in [3.05, 3.63) is 29.6 Å². The molecule has 0 spiro atoms. The Hall–Kier alpha value is -1.13. The summed E-state index contributed by atoms with van der Waals surface area (Å²) >= 11 is 0. The summed E-state index contributed by atoms with van der Waals surface area (Å²) in [5, 5.41) is 0. The van der Waals surface area contributed by atoms with Crippen LogP contribution in [0.5, 0.6) is 0 Å². The molecule has 4 heteroatoms. The minimum Gasteiger partial charge on any atom is -0.367 e. The van der Waals surface area contributed by atoms with Crippen molar-refractivity contribution in [3.63, 3.8) is 0 Å². The van der Waals surface area contributed by atoms with Gasteiger partial charge < -0.3 is 10.6 Å². The lowest BCUT2D eigenvalue weighted by atomic mass is 10.1. The van der Waals surface area contributed by atoms with E-state index in [0.717, 1.165) is 31.7 Å². The third-order valence-corrected chi connectivity index (χ3v) is 3.63. The molecule has 0 saturated carbocycles. The maximum absolute atomic E-state index is 14.0. The van der Waals surface area contributed by atoms with E-state index in [4.69, 9.17) is 5.73 Å². The zero-order valence-corrected chi connectivity index (χ0v) is 11.2. The van der Waals surface area contributed by atoms with E-state index in [1.165, 1.54) is 0 Å². The number of anilines is 1. The van der Waals surface area contributed by atoms with Crippen LogP contribution in [0.15, 0.2) is 18.2 Å². The molecule has 3 nitrogen and oxygen atoms in total. The minimum atomic E-state index is -0.157. The van der Waals surface area contributed by atoms with Crippen molar-refractivity contribution in [2.45, 2.75) is 26.4 Å². The number of nitrogens with two attached hydrogens (primary N) is 1. The number of benzene rings is 1. The molecular weight excluding hydrogens is 229 g/mol. The molecule has 2 N–H and O–H groups in total. The highest BCUT2D eigenvalue weighted by atomic mass is 19.1. The van der Waals surface area contributed by atoms with Gasteiger partial charge in [0.1, 0.15) is 5.82 Å². The quantitative estimate of drug-likeness (QED) is 0.889. The molecule has 1 aliphatic rings. The molecule has 0 bridgehead atoms. The molecule has 1 aromatic carbocycles. The largest absolute Gasteiger partial charge is 0.367 e. The number of nitrogens with zero attached hydrogens (tertiary/aromatic N) is 2. The minimum absolute atomic E-state index is 0.157. The van der Waals surface area contributed by atoms with Gasteiger partial charge in [-0.1, -0.05) is 6.07 Å². The van der Waals surface area contributed by atoms with Crippen LogP contribution in [0.1, 0.15) is 19.4 Å². The summed E-state index contributed by atoms with van der Waals surface area (Å²) < 4.78 is 14.0. The van der Waals surface area contributed by atoms with Crippen molar-refractivity contribution >= 4 is 5.69 Å². The van der Waals surface area contributed by atoms with Gasteiger partial charge in [-0.2, -0.15) is 0 Å². The first-order valence-electron chi connectivity index (χ1n) is 6.59. The molecule has 0 radical (unpaired) electrons. The SMILES string of the molecule is CC(C)N1CCN(c2ccc(CN)cc2F)CC1. The first kappa shape index (κ1) is 13.3. The predicted octanol–water partition coefficient (Wildman–Crippen LogP) is 1.81. The molecule has 18 heavy (non-hydrogen) atoms. The second kappa shape index (κ2) is 5.67. The predicted molar refractivity (Wildman–Crippen MR) is 73.2 cm³/mol. The van der Waals surface area contributed by atoms with Crippen LogP contribution in [0.4, 0.5) is 10.1 Å². The molecule has 100 valence electrons. The third kappa shape index (κ3) is 2.82. The first-order valence-corrected chi connectivity index (χ1v) is 6.59. The Balaban J connectivity index is 2.05. The second-order valence-electron chi connectivity index (χ2n) is 5.11. The van der Waals surface area contributed by atoms with Gasteiger partial charge in [0.2, 0.25) is 0 Å². The van der Waals surface area contributed by atoms with Gasteiger partial charge in [0.05, 0.1) is 5.69 Å². The lowest BCUT2D eigenvalue weighted by molar-refractivity contribution is 0.209. The lowest BCUT2D eigenvalue weighted by Gasteiger charge is -2.38. The van der Waals surface area contributed by atoms with E-state index >= 15 is 0 Å². The number of hydrogen-bond donors (Lipinski definition) is 1. The van der Waals surface area contributed by atoms with Crippen LogP contribution in [0.25, 0.3) is 0 Å². The smallest absolute Gasteiger partial charge is 0.146 e. The fourth-order valence-electron chi connectivity index (χ4n) is 2.41. The van der Waals surface area contributed by atoms with Crippen molar-refractivity contribution < 1.29 is 4.39 Å². The van der Waals surface area contributed by atoms with Gasteiger partial charge in [-0.05, 0) is 31.5 Å². The Morgan fingerprint density at radius 3 is 2.39 bits per heavy atom. The topological polar surface area (TPSA) is 32.5 Å². The lowest BCUT2D eigenvalue weighted by Crippen LogP contribution is -2.49. The van der Waals surface area contributed by atoms with Gasteiger partial charge in [-0.25, -0.2) is 4.39 Å². The average molecular weight is 251 g/mol. The molecule has 2 rings (SSSR count). The molecule has 0 atom stereocenters. The summed E-state index contributed by atoms with van der Waals surface area (Å²) in [5.41, 5.74) is 7.06. The third-order valence-electron chi connectivity index (χ3n) is 3.63. The summed E-state index contributed by atoms with van der Waals surface area (Å²) in [6.07, 6.45) is 0. The Morgan fingerprint density at radius 1 is 1.22 bits per heavy atom. The fourth-order valence-corrected chi connectivity index (χ4v) is 2.41. The molecule has 1 fully saturated rings. The van der Waals surface area contributed by atoms with Crippen LogP contribution >= 0.6 is 0 Å². The van der Waals surface area contributed by atoms with Crippen LogP contribution in [0.3, 0.4) is 0 Å². The van der Waals surface area contributed by atoms with Gasteiger partial charge in [-0.15, -0.1) is 0 Å². The second-order valence-corrected chi connectivity index (χ2v) is 5.11. The van der Waals surface area contributed by atoms with Gasteiger partial charge in [-0.3, -0.25) is 4.90 Å². The monoisotopic (exact) mass is 251 g/mol. The maximum Gasteiger partial charge on any atom is 0.146 e. The number of halogens is 1. The molecule has 1 aromatic rings. The normalized spacial score (nSPS) is 17.5. The average Bonchev–Trinajstić information content (AvgIpc) is 2.38. The Bertz CT molecular complexity index is 398. The molecule has 1 saturated heterocycles. The fraction of sp³-hybridized carbons (Fsp3) is 0.571. The number of hydrogen-bond acceptors (Lipinski definition) is 3. The molecule has 1 heterocycles. The van der Waals surface area contributed by atoms with E-state index in [0.29, 0.717) is 18.3 Å². The Labute approximate surface area is 108 Å². The summed E-state index contributed by atoms with van der Waals surface area (Å²) in [5.74, 6) is -0.157. The van der Waals surface area contributed by atoms with E-state index in [2.05, 4.69) is 23.6 Å². The van der Waals surface area contributed by atoms with Crippen LogP contribution in [0.2, 0.25) is 0 Å². The van der Waals surface area contributed by atoms with Gasteiger partial charge >= 0.3 is 0 Å². The number of piperazine rings is 1. The Kier molecular flexibility index (Phi) is 4.19. The highest BCUT2D eigenvalue weighted by Crippen LogP contribution is 2.22. The van der Waals surface area contributed by atoms with Gasteiger partial charge in [0, 0.05) is 38.8 Å². The number of rotatable bonds is 3. The molecule has 0 aliphatic carbocycles.